The van der Waals surface area contributed by atoms with Gasteiger partial charge in [0, 0.05) is 28.8 Å². The second-order valence-electron chi connectivity index (χ2n) is 8.50. The maximum absolute atomic E-state index is 13.5. The molecule has 1 atom stereocenters. The van der Waals surface area contributed by atoms with Gasteiger partial charge in [0.15, 0.2) is 0 Å². The molecule has 0 saturated carbocycles. The Morgan fingerprint density at radius 3 is 2.55 bits per heavy atom. The van der Waals surface area contributed by atoms with E-state index in [1.54, 1.807) is 0 Å². The lowest BCUT2D eigenvalue weighted by Gasteiger charge is -2.36. The number of para-hydroxylation sites is 1. The molecule has 5 rings (SSSR count). The van der Waals surface area contributed by atoms with Crippen LogP contribution in [0, 0.1) is 20.8 Å². The van der Waals surface area contributed by atoms with Crippen molar-refractivity contribution in [2.75, 3.05) is 11.9 Å². The van der Waals surface area contributed by atoms with Crippen molar-refractivity contribution in [3.05, 3.63) is 100 Å². The molecular weight excluding hydrogens is 382 g/mol. The van der Waals surface area contributed by atoms with Gasteiger partial charge in [0.05, 0.1) is 6.04 Å². The van der Waals surface area contributed by atoms with Crippen LogP contribution in [0.15, 0.2) is 66.7 Å². The summed E-state index contributed by atoms with van der Waals surface area (Å²) in [5, 5.41) is 4.42. The number of fused-ring (bicyclic) bond motifs is 3. The van der Waals surface area contributed by atoms with Gasteiger partial charge in [0.25, 0.3) is 0 Å². The average molecular weight is 410 g/mol. The highest BCUT2D eigenvalue weighted by molar-refractivity contribution is 5.92. The first kappa shape index (κ1) is 19.4. The van der Waals surface area contributed by atoms with Gasteiger partial charge in [-0.25, -0.2) is 4.79 Å². The highest BCUT2D eigenvalue weighted by Crippen LogP contribution is 2.38. The zero-order valence-corrected chi connectivity index (χ0v) is 18.2. The molecule has 31 heavy (non-hydrogen) atoms. The molecule has 4 nitrogen and oxygen atoms in total. The summed E-state index contributed by atoms with van der Waals surface area (Å²) in [5.41, 5.74) is 9.04. The molecular formula is C27H27N3O. The Hall–Kier alpha value is -3.53. The van der Waals surface area contributed by atoms with Gasteiger partial charge in [-0.1, -0.05) is 60.2 Å². The van der Waals surface area contributed by atoms with E-state index in [1.807, 2.05) is 17.0 Å². The van der Waals surface area contributed by atoms with Crippen molar-refractivity contribution in [3.63, 3.8) is 0 Å². The average Bonchev–Trinajstić information content (AvgIpc) is 3.15. The SMILES string of the molecule is Cc1ccc([C@@H]2c3[nH]c4ccccc4c3CCN2C(=O)Nc2cccc(C)c2C)cc1. The summed E-state index contributed by atoms with van der Waals surface area (Å²) in [6.45, 7) is 6.88. The van der Waals surface area contributed by atoms with Crippen LogP contribution in [0.25, 0.3) is 10.9 Å². The molecule has 1 aliphatic rings. The number of nitrogens with one attached hydrogen (secondary N) is 2. The molecule has 2 amide bonds. The number of benzene rings is 3. The molecule has 4 heteroatoms. The van der Waals surface area contributed by atoms with E-state index >= 15 is 0 Å². The highest BCUT2D eigenvalue weighted by atomic mass is 16.2. The fraction of sp³-hybridized carbons (Fsp3) is 0.222. The van der Waals surface area contributed by atoms with Crippen LogP contribution in [-0.4, -0.2) is 22.5 Å². The number of aromatic amines is 1. The molecule has 156 valence electrons. The Labute approximate surface area is 182 Å². The van der Waals surface area contributed by atoms with Gasteiger partial charge in [0.1, 0.15) is 0 Å². The third-order valence-electron chi connectivity index (χ3n) is 6.53. The van der Waals surface area contributed by atoms with E-state index in [-0.39, 0.29) is 12.1 Å². The zero-order valence-electron chi connectivity index (χ0n) is 18.2. The van der Waals surface area contributed by atoms with Gasteiger partial charge in [-0.3, -0.25) is 0 Å². The molecule has 0 bridgehead atoms. The molecule has 4 aromatic rings. The molecule has 0 fully saturated rings. The van der Waals surface area contributed by atoms with Crippen LogP contribution < -0.4 is 5.32 Å². The molecule has 0 aliphatic carbocycles. The summed E-state index contributed by atoms with van der Waals surface area (Å²) in [4.78, 5) is 19.1. The first-order valence-electron chi connectivity index (χ1n) is 10.8. The predicted molar refractivity (Wildman–Crippen MR) is 127 cm³/mol. The van der Waals surface area contributed by atoms with E-state index in [2.05, 4.69) is 85.7 Å². The fourth-order valence-electron chi connectivity index (χ4n) is 4.63. The van der Waals surface area contributed by atoms with Gasteiger partial charge in [-0.05, 0) is 61.6 Å². The monoisotopic (exact) mass is 409 g/mol. The quantitative estimate of drug-likeness (QED) is 0.402. The maximum Gasteiger partial charge on any atom is 0.322 e. The van der Waals surface area contributed by atoms with Gasteiger partial charge in [-0.2, -0.15) is 0 Å². The molecule has 2 heterocycles. The summed E-state index contributed by atoms with van der Waals surface area (Å²) in [7, 11) is 0. The second-order valence-corrected chi connectivity index (χ2v) is 8.50. The molecule has 2 N–H and O–H groups in total. The van der Waals surface area contributed by atoms with Crippen LogP contribution >= 0.6 is 0 Å². The first-order chi connectivity index (χ1) is 15.0. The smallest absolute Gasteiger partial charge is 0.322 e. The summed E-state index contributed by atoms with van der Waals surface area (Å²) >= 11 is 0. The number of urea groups is 1. The molecule has 0 spiro atoms. The molecule has 1 aliphatic heterocycles. The summed E-state index contributed by atoms with van der Waals surface area (Å²) < 4.78 is 0. The number of H-pyrrole nitrogens is 1. The number of anilines is 1. The molecule has 3 aromatic carbocycles. The number of aryl methyl sites for hydroxylation is 2. The number of carbonyl (C=O) groups is 1. The standard InChI is InChI=1S/C27H27N3O/c1-17-11-13-20(14-12-17)26-25-22(21-8-4-5-9-24(21)28-25)15-16-30(26)27(31)29-23-10-6-7-18(2)19(23)3/h4-14,26,28H,15-16H2,1-3H3,(H,29,31)/t26-/m1/s1. The van der Waals surface area contributed by atoms with Crippen LogP contribution in [-0.2, 0) is 6.42 Å². The lowest BCUT2D eigenvalue weighted by molar-refractivity contribution is 0.193. The van der Waals surface area contributed by atoms with Crippen molar-refractivity contribution >= 4 is 22.6 Å². The normalized spacial score (nSPS) is 15.7. The largest absolute Gasteiger partial charge is 0.356 e. The van der Waals surface area contributed by atoms with E-state index < -0.39 is 0 Å². The number of nitrogens with zero attached hydrogens (tertiary/aromatic N) is 1. The summed E-state index contributed by atoms with van der Waals surface area (Å²) in [6.07, 6.45) is 0.835. The fourth-order valence-corrected chi connectivity index (χ4v) is 4.63. The van der Waals surface area contributed by atoms with Crippen molar-refractivity contribution in [1.29, 1.82) is 0 Å². The lowest BCUT2D eigenvalue weighted by atomic mass is 9.92. The third kappa shape index (κ3) is 3.38. The number of hydrogen-bond donors (Lipinski definition) is 2. The second kappa shape index (κ2) is 7.62. The first-order valence-corrected chi connectivity index (χ1v) is 10.8. The van der Waals surface area contributed by atoms with E-state index in [0.29, 0.717) is 6.54 Å². The van der Waals surface area contributed by atoms with Crippen molar-refractivity contribution in [3.8, 4) is 0 Å². The number of aromatic nitrogens is 1. The third-order valence-corrected chi connectivity index (χ3v) is 6.53. The zero-order chi connectivity index (χ0) is 21.5. The van der Waals surface area contributed by atoms with E-state index in [4.69, 9.17) is 0 Å². The van der Waals surface area contributed by atoms with Gasteiger partial charge >= 0.3 is 6.03 Å². The van der Waals surface area contributed by atoms with Gasteiger partial charge in [-0.15, -0.1) is 0 Å². The Bertz CT molecular complexity index is 1270. The maximum atomic E-state index is 13.5. The topological polar surface area (TPSA) is 48.1 Å². The van der Waals surface area contributed by atoms with Gasteiger partial charge in [0.2, 0.25) is 0 Å². The van der Waals surface area contributed by atoms with Crippen LogP contribution in [0.2, 0.25) is 0 Å². The number of hydrogen-bond acceptors (Lipinski definition) is 1. The summed E-state index contributed by atoms with van der Waals surface area (Å²) in [6, 6.07) is 22.7. The van der Waals surface area contributed by atoms with Gasteiger partial charge < -0.3 is 15.2 Å². The Balaban J connectivity index is 1.58. The predicted octanol–water partition coefficient (Wildman–Crippen LogP) is 6.27. The Morgan fingerprint density at radius 2 is 1.74 bits per heavy atom. The minimum atomic E-state index is -0.151. The molecule has 0 unspecified atom stereocenters. The number of amides is 2. The van der Waals surface area contributed by atoms with Crippen LogP contribution in [0.4, 0.5) is 10.5 Å². The van der Waals surface area contributed by atoms with Crippen LogP contribution in [0.1, 0.15) is 39.6 Å². The van der Waals surface area contributed by atoms with Crippen molar-refractivity contribution in [2.24, 2.45) is 0 Å². The minimum Gasteiger partial charge on any atom is -0.356 e. The Kier molecular flexibility index (Phi) is 4.78. The van der Waals surface area contributed by atoms with Crippen molar-refractivity contribution in [2.45, 2.75) is 33.2 Å². The molecule has 0 radical (unpaired) electrons. The van der Waals surface area contributed by atoms with Crippen molar-refractivity contribution < 1.29 is 4.79 Å². The van der Waals surface area contributed by atoms with E-state index in [9.17, 15) is 4.79 Å². The van der Waals surface area contributed by atoms with E-state index in [0.717, 1.165) is 34.4 Å². The van der Waals surface area contributed by atoms with Crippen LogP contribution in [0.5, 0.6) is 0 Å². The van der Waals surface area contributed by atoms with Crippen molar-refractivity contribution in [1.82, 2.24) is 9.88 Å². The summed E-state index contributed by atoms with van der Waals surface area (Å²) in [5.74, 6) is 0. The lowest BCUT2D eigenvalue weighted by Crippen LogP contribution is -2.43. The number of rotatable bonds is 2. The molecule has 1 aromatic heterocycles. The highest BCUT2D eigenvalue weighted by Gasteiger charge is 2.34. The Morgan fingerprint density at radius 1 is 0.968 bits per heavy atom. The van der Waals surface area contributed by atoms with E-state index in [1.165, 1.54) is 22.1 Å². The minimum absolute atomic E-state index is 0.0661. The van der Waals surface area contributed by atoms with Crippen LogP contribution in [0.3, 0.4) is 0 Å². The number of carbonyl (C=O) groups excluding carboxylic acids is 1. The molecule has 0 saturated heterocycles.